The standard InChI is InChI=1S/C16H21F3O4/c1-5-12(16(17,18)19)11(9-7-6-8-10-20)13(14(21)22)23-15(2,3)4/h5-7,9-10,13H,8H2,1-4H3,(H,21,22)/b7-6+,11-9-,12-5?. The number of carbonyl (C=O) groups is 2. The van der Waals surface area contributed by atoms with Crippen LogP contribution in [-0.2, 0) is 14.3 Å². The quantitative estimate of drug-likeness (QED) is 0.568. The van der Waals surface area contributed by atoms with Crippen molar-refractivity contribution >= 4 is 12.3 Å². The zero-order valence-corrected chi connectivity index (χ0v) is 13.5. The molecule has 0 saturated heterocycles. The van der Waals surface area contributed by atoms with Crippen LogP contribution < -0.4 is 0 Å². The number of rotatable bonds is 7. The predicted octanol–water partition coefficient (Wildman–Crippen LogP) is 3.83. The molecule has 7 heteroatoms. The second kappa shape index (κ2) is 8.67. The molecule has 0 heterocycles. The molecule has 0 bridgehead atoms. The minimum atomic E-state index is -4.73. The third kappa shape index (κ3) is 7.78. The molecular formula is C16H21F3O4. The van der Waals surface area contributed by atoms with Gasteiger partial charge in [0.1, 0.15) is 6.29 Å². The molecule has 0 aromatic carbocycles. The summed E-state index contributed by atoms with van der Waals surface area (Å²) in [4.78, 5) is 21.7. The highest BCUT2D eigenvalue weighted by molar-refractivity contribution is 5.78. The highest BCUT2D eigenvalue weighted by Gasteiger charge is 2.41. The lowest BCUT2D eigenvalue weighted by molar-refractivity contribution is -0.156. The zero-order valence-electron chi connectivity index (χ0n) is 13.5. The summed E-state index contributed by atoms with van der Waals surface area (Å²) in [6.07, 6.45) is -1.59. The van der Waals surface area contributed by atoms with Crippen molar-refractivity contribution in [2.45, 2.75) is 52.0 Å². The van der Waals surface area contributed by atoms with E-state index in [-0.39, 0.29) is 6.42 Å². The Morgan fingerprint density at radius 3 is 2.17 bits per heavy atom. The summed E-state index contributed by atoms with van der Waals surface area (Å²) >= 11 is 0. The number of carboxylic acid groups (broad SMARTS) is 1. The van der Waals surface area contributed by atoms with Gasteiger partial charge in [0.15, 0.2) is 6.10 Å². The first-order valence-corrected chi connectivity index (χ1v) is 6.89. The van der Waals surface area contributed by atoms with E-state index in [1.165, 1.54) is 19.1 Å². The SMILES string of the molecule is CC=C(/C(=C/C=C/CC=O)C(OC(C)(C)C)C(=O)O)C(F)(F)F. The predicted molar refractivity (Wildman–Crippen MR) is 80.0 cm³/mol. The van der Waals surface area contributed by atoms with Crippen LogP contribution in [0.2, 0.25) is 0 Å². The topological polar surface area (TPSA) is 63.6 Å². The molecule has 1 N–H and O–H groups in total. The van der Waals surface area contributed by atoms with Crippen molar-refractivity contribution in [2.24, 2.45) is 0 Å². The Bertz CT molecular complexity index is 508. The second-order valence-electron chi connectivity index (χ2n) is 5.60. The van der Waals surface area contributed by atoms with Gasteiger partial charge >= 0.3 is 12.1 Å². The van der Waals surface area contributed by atoms with E-state index in [0.717, 1.165) is 12.2 Å². The van der Waals surface area contributed by atoms with E-state index >= 15 is 0 Å². The van der Waals surface area contributed by atoms with Crippen LogP contribution in [0.5, 0.6) is 0 Å². The summed E-state index contributed by atoms with van der Waals surface area (Å²) in [5.74, 6) is -1.53. The number of carboxylic acids is 1. The van der Waals surface area contributed by atoms with E-state index in [1.807, 2.05) is 0 Å². The van der Waals surface area contributed by atoms with E-state index < -0.39 is 35.0 Å². The molecule has 23 heavy (non-hydrogen) atoms. The average molecular weight is 334 g/mol. The molecule has 0 fully saturated rings. The Morgan fingerprint density at radius 2 is 1.83 bits per heavy atom. The Morgan fingerprint density at radius 1 is 1.26 bits per heavy atom. The molecule has 0 aromatic heterocycles. The minimum Gasteiger partial charge on any atom is -0.479 e. The van der Waals surface area contributed by atoms with Crippen molar-refractivity contribution in [3.8, 4) is 0 Å². The molecule has 0 rings (SSSR count). The Kier molecular flexibility index (Phi) is 7.95. The molecule has 4 nitrogen and oxygen atoms in total. The van der Waals surface area contributed by atoms with Gasteiger partial charge in [-0.1, -0.05) is 24.3 Å². The first kappa shape index (κ1) is 21.1. The van der Waals surface area contributed by atoms with Gasteiger partial charge in [-0.15, -0.1) is 0 Å². The molecular weight excluding hydrogens is 313 g/mol. The number of hydrogen-bond acceptors (Lipinski definition) is 3. The van der Waals surface area contributed by atoms with Crippen molar-refractivity contribution in [3.05, 3.63) is 35.5 Å². The summed E-state index contributed by atoms with van der Waals surface area (Å²) in [5, 5.41) is 9.28. The number of aldehydes is 1. The molecule has 0 aliphatic rings. The highest BCUT2D eigenvalue weighted by Crippen LogP contribution is 2.34. The van der Waals surface area contributed by atoms with E-state index in [0.29, 0.717) is 6.29 Å². The Labute approximate surface area is 133 Å². The normalized spacial score (nSPS) is 15.8. The fraction of sp³-hybridized carbons (Fsp3) is 0.500. The van der Waals surface area contributed by atoms with Gasteiger partial charge in [0, 0.05) is 12.0 Å². The van der Waals surface area contributed by atoms with Crippen molar-refractivity contribution in [1.29, 1.82) is 0 Å². The average Bonchev–Trinajstić information content (AvgIpc) is 2.37. The first-order valence-electron chi connectivity index (χ1n) is 6.89. The molecule has 1 unspecified atom stereocenters. The van der Waals surface area contributed by atoms with Gasteiger partial charge in [-0.25, -0.2) is 4.79 Å². The van der Waals surface area contributed by atoms with E-state index in [2.05, 4.69) is 0 Å². The summed E-state index contributed by atoms with van der Waals surface area (Å²) in [5.41, 5.74) is -2.58. The number of ether oxygens (including phenoxy) is 1. The molecule has 0 aromatic rings. The van der Waals surface area contributed by atoms with Crippen molar-refractivity contribution in [3.63, 3.8) is 0 Å². The molecule has 130 valence electrons. The van der Waals surface area contributed by atoms with Crippen molar-refractivity contribution in [2.75, 3.05) is 0 Å². The number of hydrogen-bond donors (Lipinski definition) is 1. The lowest BCUT2D eigenvalue weighted by Crippen LogP contribution is -2.37. The summed E-state index contributed by atoms with van der Waals surface area (Å²) in [7, 11) is 0. The largest absolute Gasteiger partial charge is 0.479 e. The van der Waals surface area contributed by atoms with Crippen LogP contribution in [0.25, 0.3) is 0 Å². The number of halogens is 3. The third-order valence-corrected chi connectivity index (χ3v) is 2.53. The van der Waals surface area contributed by atoms with Gasteiger partial charge in [0.2, 0.25) is 0 Å². The van der Waals surface area contributed by atoms with E-state index in [1.54, 1.807) is 20.8 Å². The molecule has 0 aliphatic carbocycles. The highest BCUT2D eigenvalue weighted by atomic mass is 19.4. The maximum absolute atomic E-state index is 13.2. The number of aliphatic carboxylic acids is 1. The molecule has 0 amide bonds. The Hall–Kier alpha value is -1.89. The monoisotopic (exact) mass is 334 g/mol. The van der Waals surface area contributed by atoms with Crippen LogP contribution in [0.15, 0.2) is 35.5 Å². The fourth-order valence-electron chi connectivity index (χ4n) is 1.72. The third-order valence-electron chi connectivity index (χ3n) is 2.53. The summed E-state index contributed by atoms with van der Waals surface area (Å²) in [6, 6.07) is 0. The number of allylic oxidation sites excluding steroid dienone is 4. The lowest BCUT2D eigenvalue weighted by atomic mass is 9.97. The van der Waals surface area contributed by atoms with Gasteiger partial charge < -0.3 is 14.6 Å². The van der Waals surface area contributed by atoms with Gasteiger partial charge in [0.05, 0.1) is 11.2 Å². The van der Waals surface area contributed by atoms with Gasteiger partial charge in [0.25, 0.3) is 0 Å². The lowest BCUT2D eigenvalue weighted by Gasteiger charge is -2.28. The van der Waals surface area contributed by atoms with Crippen LogP contribution >= 0.6 is 0 Å². The second-order valence-corrected chi connectivity index (χ2v) is 5.60. The maximum atomic E-state index is 13.2. The van der Waals surface area contributed by atoms with Gasteiger partial charge in [-0.2, -0.15) is 13.2 Å². The minimum absolute atomic E-state index is 0.0127. The molecule has 0 saturated carbocycles. The molecule has 0 spiro atoms. The van der Waals surface area contributed by atoms with Gasteiger partial charge in [-0.3, -0.25) is 0 Å². The van der Waals surface area contributed by atoms with Crippen LogP contribution in [-0.4, -0.2) is 35.2 Å². The maximum Gasteiger partial charge on any atom is 0.416 e. The number of carbonyl (C=O) groups excluding carboxylic acids is 1. The summed E-state index contributed by atoms with van der Waals surface area (Å²) < 4.78 is 44.8. The van der Waals surface area contributed by atoms with Crippen LogP contribution in [0, 0.1) is 0 Å². The Balaban J connectivity index is 5.99. The fourth-order valence-corrected chi connectivity index (χ4v) is 1.72. The van der Waals surface area contributed by atoms with Crippen molar-refractivity contribution in [1.82, 2.24) is 0 Å². The van der Waals surface area contributed by atoms with Crippen LogP contribution in [0.3, 0.4) is 0 Å². The summed E-state index contributed by atoms with van der Waals surface area (Å²) in [6.45, 7) is 5.81. The number of alkyl halides is 3. The molecule has 1 atom stereocenters. The molecule has 0 aliphatic heterocycles. The first-order chi connectivity index (χ1) is 10.4. The smallest absolute Gasteiger partial charge is 0.416 e. The van der Waals surface area contributed by atoms with Crippen LogP contribution in [0.1, 0.15) is 34.1 Å². The van der Waals surface area contributed by atoms with E-state index in [4.69, 9.17) is 4.74 Å². The zero-order chi connectivity index (χ0) is 18.3. The van der Waals surface area contributed by atoms with Crippen molar-refractivity contribution < 1.29 is 32.6 Å². The molecule has 0 radical (unpaired) electrons. The van der Waals surface area contributed by atoms with Crippen LogP contribution in [0.4, 0.5) is 13.2 Å². The van der Waals surface area contributed by atoms with Gasteiger partial charge in [-0.05, 0) is 27.7 Å². The van der Waals surface area contributed by atoms with E-state index in [9.17, 15) is 27.9 Å².